The molecule has 0 radical (unpaired) electrons. The second-order valence-electron chi connectivity index (χ2n) is 4.97. The van der Waals surface area contributed by atoms with Crippen LogP contribution >= 0.6 is 15.9 Å². The molecule has 1 aromatic carbocycles. The second kappa shape index (κ2) is 8.20. The number of nitrogens with one attached hydrogen (secondary N) is 1. The van der Waals surface area contributed by atoms with Crippen LogP contribution in [-0.4, -0.2) is 16.3 Å². The molecule has 21 heavy (non-hydrogen) atoms. The number of hydrogen-bond acceptors (Lipinski definition) is 3. The predicted molar refractivity (Wildman–Crippen MR) is 88.7 cm³/mol. The summed E-state index contributed by atoms with van der Waals surface area (Å²) in [5.41, 5.74) is 1.14. The van der Waals surface area contributed by atoms with Gasteiger partial charge in [-0.25, -0.2) is 0 Å². The van der Waals surface area contributed by atoms with E-state index in [0.29, 0.717) is 0 Å². The highest BCUT2D eigenvalue weighted by molar-refractivity contribution is 9.10. The van der Waals surface area contributed by atoms with Crippen LogP contribution in [0.4, 0.5) is 0 Å². The van der Waals surface area contributed by atoms with Crippen LogP contribution in [0.15, 0.2) is 35.1 Å². The molecule has 2 aromatic rings. The van der Waals surface area contributed by atoms with Gasteiger partial charge in [-0.1, -0.05) is 29.8 Å². The van der Waals surface area contributed by atoms with E-state index in [0.717, 1.165) is 54.0 Å². The Labute approximate surface area is 134 Å². The molecule has 0 saturated carbocycles. The van der Waals surface area contributed by atoms with Crippen molar-refractivity contribution in [3.8, 4) is 11.5 Å². The van der Waals surface area contributed by atoms with Gasteiger partial charge in [0, 0.05) is 23.1 Å². The molecule has 1 heterocycles. The number of aryl methyl sites for hydroxylation is 1. The van der Waals surface area contributed by atoms with E-state index < -0.39 is 0 Å². The minimum atomic E-state index is 0.780. The Kier molecular flexibility index (Phi) is 6.26. The molecule has 0 atom stereocenters. The van der Waals surface area contributed by atoms with Gasteiger partial charge in [-0.3, -0.25) is 4.68 Å². The molecular formula is C16H22BrN3O. The van der Waals surface area contributed by atoms with Crippen molar-refractivity contribution in [1.82, 2.24) is 15.1 Å². The second-order valence-corrected chi connectivity index (χ2v) is 5.89. The van der Waals surface area contributed by atoms with Crippen LogP contribution in [0, 0.1) is 0 Å². The molecule has 0 fully saturated rings. The Morgan fingerprint density at radius 1 is 1.29 bits per heavy atom. The molecular weight excluding hydrogens is 330 g/mol. The molecule has 114 valence electrons. The minimum Gasteiger partial charge on any atom is -0.454 e. The number of benzene rings is 1. The number of aromatic nitrogens is 2. The third-order valence-electron chi connectivity index (χ3n) is 3.05. The highest BCUT2D eigenvalue weighted by atomic mass is 79.9. The smallest absolute Gasteiger partial charge is 0.165 e. The maximum atomic E-state index is 5.98. The van der Waals surface area contributed by atoms with Gasteiger partial charge in [-0.2, -0.15) is 5.10 Å². The Morgan fingerprint density at radius 3 is 2.90 bits per heavy atom. The molecule has 0 aliphatic carbocycles. The maximum absolute atomic E-state index is 5.98. The van der Waals surface area contributed by atoms with E-state index >= 15 is 0 Å². The van der Waals surface area contributed by atoms with E-state index in [1.165, 1.54) is 0 Å². The molecule has 0 spiro atoms. The fraction of sp³-hybridized carbons (Fsp3) is 0.438. The first-order valence-corrected chi connectivity index (χ1v) is 8.21. The SMILES string of the molecule is CCCNCc1cc(Br)ccc1Oc1cnn(CCC)c1. The van der Waals surface area contributed by atoms with E-state index in [1.807, 2.05) is 23.0 Å². The summed E-state index contributed by atoms with van der Waals surface area (Å²) in [6.07, 6.45) is 5.88. The summed E-state index contributed by atoms with van der Waals surface area (Å²) in [7, 11) is 0. The van der Waals surface area contributed by atoms with Crippen molar-refractivity contribution in [1.29, 1.82) is 0 Å². The zero-order valence-corrected chi connectivity index (χ0v) is 14.2. The normalized spacial score (nSPS) is 10.8. The van der Waals surface area contributed by atoms with Gasteiger partial charge in [-0.05, 0) is 37.6 Å². The zero-order valence-electron chi connectivity index (χ0n) is 12.6. The third-order valence-corrected chi connectivity index (χ3v) is 3.55. The van der Waals surface area contributed by atoms with E-state index in [9.17, 15) is 0 Å². The summed E-state index contributed by atoms with van der Waals surface area (Å²) >= 11 is 3.52. The lowest BCUT2D eigenvalue weighted by Gasteiger charge is -2.11. The topological polar surface area (TPSA) is 39.1 Å². The highest BCUT2D eigenvalue weighted by Crippen LogP contribution is 2.28. The molecule has 0 bridgehead atoms. The predicted octanol–water partition coefficient (Wildman–Crippen LogP) is 4.35. The Hall–Kier alpha value is -1.33. The lowest BCUT2D eigenvalue weighted by Crippen LogP contribution is -2.14. The fourth-order valence-corrected chi connectivity index (χ4v) is 2.47. The van der Waals surface area contributed by atoms with Gasteiger partial charge in [0.1, 0.15) is 5.75 Å². The number of halogens is 1. The van der Waals surface area contributed by atoms with Crippen molar-refractivity contribution in [3.05, 3.63) is 40.6 Å². The van der Waals surface area contributed by atoms with Gasteiger partial charge >= 0.3 is 0 Å². The molecule has 0 aliphatic heterocycles. The summed E-state index contributed by atoms with van der Waals surface area (Å²) in [6, 6.07) is 6.08. The van der Waals surface area contributed by atoms with E-state index in [4.69, 9.17) is 4.74 Å². The molecule has 5 heteroatoms. The van der Waals surface area contributed by atoms with E-state index in [-0.39, 0.29) is 0 Å². The summed E-state index contributed by atoms with van der Waals surface area (Å²) in [6.45, 7) is 7.00. The summed E-state index contributed by atoms with van der Waals surface area (Å²) < 4.78 is 8.94. The highest BCUT2D eigenvalue weighted by Gasteiger charge is 2.07. The number of nitrogens with zero attached hydrogens (tertiary/aromatic N) is 2. The number of hydrogen-bond donors (Lipinski definition) is 1. The van der Waals surface area contributed by atoms with Gasteiger partial charge in [0.05, 0.1) is 12.4 Å². The van der Waals surface area contributed by atoms with Crippen molar-refractivity contribution in [2.24, 2.45) is 0 Å². The molecule has 0 saturated heterocycles. The summed E-state index contributed by atoms with van der Waals surface area (Å²) in [5.74, 6) is 1.65. The van der Waals surface area contributed by atoms with Crippen LogP contribution in [0.2, 0.25) is 0 Å². The third kappa shape index (κ3) is 4.86. The van der Waals surface area contributed by atoms with Gasteiger partial charge in [0.15, 0.2) is 5.75 Å². The zero-order chi connectivity index (χ0) is 15.1. The number of rotatable bonds is 8. The summed E-state index contributed by atoms with van der Waals surface area (Å²) in [5, 5.41) is 7.70. The van der Waals surface area contributed by atoms with Crippen molar-refractivity contribution >= 4 is 15.9 Å². The molecule has 1 N–H and O–H groups in total. The number of ether oxygens (including phenoxy) is 1. The fourth-order valence-electron chi connectivity index (χ4n) is 2.06. The van der Waals surface area contributed by atoms with Gasteiger partial charge < -0.3 is 10.1 Å². The molecule has 0 aliphatic rings. The van der Waals surface area contributed by atoms with Crippen LogP contribution < -0.4 is 10.1 Å². The van der Waals surface area contributed by atoms with Crippen LogP contribution in [-0.2, 0) is 13.1 Å². The average Bonchev–Trinajstić information content (AvgIpc) is 2.90. The monoisotopic (exact) mass is 351 g/mol. The lowest BCUT2D eigenvalue weighted by molar-refractivity contribution is 0.470. The Balaban J connectivity index is 2.10. The van der Waals surface area contributed by atoms with Crippen molar-refractivity contribution in [2.75, 3.05) is 6.54 Å². The first-order chi connectivity index (χ1) is 10.2. The van der Waals surface area contributed by atoms with Crippen molar-refractivity contribution in [3.63, 3.8) is 0 Å². The average molecular weight is 352 g/mol. The molecule has 1 aromatic heterocycles. The maximum Gasteiger partial charge on any atom is 0.165 e. The quantitative estimate of drug-likeness (QED) is 0.718. The van der Waals surface area contributed by atoms with Crippen LogP contribution in [0.1, 0.15) is 32.3 Å². The van der Waals surface area contributed by atoms with Gasteiger partial charge in [0.25, 0.3) is 0 Å². The van der Waals surface area contributed by atoms with Crippen LogP contribution in [0.3, 0.4) is 0 Å². The first kappa shape index (κ1) is 16.0. The summed E-state index contributed by atoms with van der Waals surface area (Å²) in [4.78, 5) is 0. The first-order valence-electron chi connectivity index (χ1n) is 7.42. The lowest BCUT2D eigenvalue weighted by atomic mass is 10.2. The largest absolute Gasteiger partial charge is 0.454 e. The minimum absolute atomic E-state index is 0.780. The van der Waals surface area contributed by atoms with Crippen LogP contribution in [0.5, 0.6) is 11.5 Å². The molecule has 0 unspecified atom stereocenters. The van der Waals surface area contributed by atoms with Crippen molar-refractivity contribution < 1.29 is 4.74 Å². The molecule has 4 nitrogen and oxygen atoms in total. The van der Waals surface area contributed by atoms with Crippen LogP contribution in [0.25, 0.3) is 0 Å². The molecule has 0 amide bonds. The van der Waals surface area contributed by atoms with E-state index in [1.54, 1.807) is 6.20 Å². The Morgan fingerprint density at radius 2 is 2.14 bits per heavy atom. The Bertz CT molecular complexity index is 568. The standard InChI is InChI=1S/C16H22BrN3O/c1-3-7-18-10-13-9-14(17)5-6-16(13)21-15-11-19-20(12-15)8-4-2/h5-6,9,11-12,18H,3-4,7-8,10H2,1-2H3. The van der Waals surface area contributed by atoms with E-state index in [2.05, 4.69) is 46.3 Å². The van der Waals surface area contributed by atoms with Gasteiger partial charge in [0.2, 0.25) is 0 Å². The van der Waals surface area contributed by atoms with Gasteiger partial charge in [-0.15, -0.1) is 0 Å². The van der Waals surface area contributed by atoms with Crippen molar-refractivity contribution in [2.45, 2.75) is 39.8 Å². The molecule has 2 rings (SSSR count).